The first kappa shape index (κ1) is 21.9. The molecule has 0 aliphatic carbocycles. The highest BCUT2D eigenvalue weighted by molar-refractivity contribution is 5.98. The molecular formula is C25H24NO5-. The molecule has 0 bridgehead atoms. The van der Waals surface area contributed by atoms with Crippen molar-refractivity contribution >= 4 is 11.9 Å². The van der Waals surface area contributed by atoms with E-state index in [-0.39, 0.29) is 11.7 Å². The van der Waals surface area contributed by atoms with Crippen LogP contribution in [0.4, 0.5) is 0 Å². The van der Waals surface area contributed by atoms with Crippen molar-refractivity contribution in [2.24, 2.45) is 0 Å². The minimum atomic E-state index is -1.37. The number of carbonyl (C=O) groups is 2. The predicted molar refractivity (Wildman–Crippen MR) is 115 cm³/mol. The number of aryl methyl sites for hydroxylation is 1. The second-order valence-corrected chi connectivity index (χ2v) is 7.10. The molecular weight excluding hydrogens is 394 g/mol. The molecule has 0 aliphatic heterocycles. The van der Waals surface area contributed by atoms with E-state index in [9.17, 15) is 14.7 Å². The molecule has 6 nitrogen and oxygen atoms in total. The van der Waals surface area contributed by atoms with E-state index < -0.39 is 18.4 Å². The number of rotatable bonds is 9. The maximum absolute atomic E-state index is 12.5. The van der Waals surface area contributed by atoms with Crippen molar-refractivity contribution in [2.75, 3.05) is 6.54 Å². The van der Waals surface area contributed by atoms with Crippen molar-refractivity contribution in [3.05, 3.63) is 95.1 Å². The molecule has 3 rings (SSSR count). The second kappa shape index (κ2) is 10.3. The zero-order valence-corrected chi connectivity index (χ0v) is 17.5. The summed E-state index contributed by atoms with van der Waals surface area (Å²) in [6, 6.07) is 22.4. The third-order valence-electron chi connectivity index (χ3n) is 4.77. The van der Waals surface area contributed by atoms with Gasteiger partial charge < -0.3 is 24.7 Å². The van der Waals surface area contributed by atoms with Gasteiger partial charge in [0.2, 0.25) is 0 Å². The Balaban J connectivity index is 1.84. The zero-order chi connectivity index (χ0) is 22.2. The average molecular weight is 418 g/mol. The molecule has 160 valence electrons. The minimum absolute atomic E-state index is 0.216. The highest BCUT2D eigenvalue weighted by Crippen LogP contribution is 2.31. The van der Waals surface area contributed by atoms with Gasteiger partial charge in [0.1, 0.15) is 24.2 Å². The summed E-state index contributed by atoms with van der Waals surface area (Å²) in [5, 5.41) is 13.0. The molecule has 0 heterocycles. The first-order valence-electron chi connectivity index (χ1n) is 9.95. The maximum Gasteiger partial charge on any atom is 0.255 e. The monoisotopic (exact) mass is 418 g/mol. The Kier molecular flexibility index (Phi) is 7.27. The quantitative estimate of drug-likeness (QED) is 0.577. The number of ether oxygens (including phenoxy) is 2. The Morgan fingerprint density at radius 1 is 1.00 bits per heavy atom. The number of carbonyl (C=O) groups excluding carboxylic acids is 2. The molecule has 3 aromatic carbocycles. The van der Waals surface area contributed by atoms with E-state index in [1.807, 2.05) is 68.4 Å². The molecule has 0 aliphatic rings. The van der Waals surface area contributed by atoms with Crippen LogP contribution >= 0.6 is 0 Å². The van der Waals surface area contributed by atoms with E-state index in [4.69, 9.17) is 9.47 Å². The van der Waals surface area contributed by atoms with Crippen LogP contribution in [0, 0.1) is 6.92 Å². The topological polar surface area (TPSA) is 87.7 Å². The predicted octanol–water partition coefficient (Wildman–Crippen LogP) is 3.19. The number of nitrogens with one attached hydrogen (secondary N) is 1. The third-order valence-corrected chi connectivity index (χ3v) is 4.77. The second-order valence-electron chi connectivity index (χ2n) is 7.10. The third kappa shape index (κ3) is 6.09. The smallest absolute Gasteiger partial charge is 0.255 e. The molecule has 31 heavy (non-hydrogen) atoms. The van der Waals surface area contributed by atoms with Crippen molar-refractivity contribution in [2.45, 2.75) is 26.6 Å². The molecule has 6 heteroatoms. The van der Waals surface area contributed by atoms with E-state index >= 15 is 0 Å². The summed E-state index contributed by atoms with van der Waals surface area (Å²) in [6.07, 6.45) is -0.335. The van der Waals surface area contributed by atoms with Gasteiger partial charge in [-0.1, -0.05) is 54.6 Å². The van der Waals surface area contributed by atoms with Crippen LogP contribution in [0.25, 0.3) is 0 Å². The molecule has 0 aromatic heterocycles. The number of hydrogen-bond acceptors (Lipinski definition) is 5. The van der Waals surface area contributed by atoms with Crippen LogP contribution < -0.4 is 19.9 Å². The Labute approximate surface area is 181 Å². The van der Waals surface area contributed by atoms with Crippen LogP contribution in [-0.2, 0) is 11.4 Å². The van der Waals surface area contributed by atoms with E-state index in [1.54, 1.807) is 18.2 Å². The van der Waals surface area contributed by atoms with Gasteiger partial charge in [0, 0.05) is 6.07 Å². The Bertz CT molecular complexity index is 1050. The summed E-state index contributed by atoms with van der Waals surface area (Å²) in [4.78, 5) is 23.2. The SMILES string of the molecule is Cc1ccccc1C(C)Oc1cc(OCc2ccccc2)ccc1C(=O)NCC(=O)[O-]. The Morgan fingerprint density at radius 2 is 1.71 bits per heavy atom. The van der Waals surface area contributed by atoms with Crippen LogP contribution in [0.3, 0.4) is 0 Å². The first-order chi connectivity index (χ1) is 14.9. The average Bonchev–Trinajstić information content (AvgIpc) is 2.77. The fourth-order valence-electron chi connectivity index (χ4n) is 3.16. The molecule has 1 N–H and O–H groups in total. The summed E-state index contributed by atoms with van der Waals surface area (Å²) in [5.74, 6) is -1.10. The molecule has 0 saturated heterocycles. The lowest BCUT2D eigenvalue weighted by Gasteiger charge is -2.20. The number of benzene rings is 3. The number of aliphatic carboxylic acids is 1. The molecule has 0 spiro atoms. The molecule has 1 amide bonds. The Morgan fingerprint density at radius 3 is 2.42 bits per heavy atom. The summed E-state index contributed by atoms with van der Waals surface area (Å²) in [7, 11) is 0. The maximum atomic E-state index is 12.5. The number of amides is 1. The van der Waals surface area contributed by atoms with Crippen LogP contribution in [0.15, 0.2) is 72.8 Å². The largest absolute Gasteiger partial charge is 0.548 e. The van der Waals surface area contributed by atoms with Crippen molar-refractivity contribution in [3.63, 3.8) is 0 Å². The standard InChI is InChI=1S/C25H25NO5/c1-17-8-6-7-11-21(17)18(2)31-23-14-20(30-16-19-9-4-3-5-10-19)12-13-22(23)25(29)26-15-24(27)28/h3-14,18H,15-16H2,1-2H3,(H,26,29)(H,27,28)/p-1. The molecule has 0 radical (unpaired) electrons. The highest BCUT2D eigenvalue weighted by Gasteiger charge is 2.18. The molecule has 0 saturated carbocycles. The minimum Gasteiger partial charge on any atom is -0.548 e. The van der Waals surface area contributed by atoms with E-state index in [1.165, 1.54) is 0 Å². The normalized spacial score (nSPS) is 11.4. The van der Waals surface area contributed by atoms with Crippen LogP contribution in [-0.4, -0.2) is 18.4 Å². The summed E-state index contributed by atoms with van der Waals surface area (Å²) < 4.78 is 12.0. The molecule has 3 aromatic rings. The van der Waals surface area contributed by atoms with Gasteiger partial charge in [-0.3, -0.25) is 4.79 Å². The van der Waals surface area contributed by atoms with Gasteiger partial charge in [0.25, 0.3) is 5.91 Å². The zero-order valence-electron chi connectivity index (χ0n) is 17.5. The molecule has 1 unspecified atom stereocenters. The molecule has 0 fully saturated rings. The van der Waals surface area contributed by atoms with Gasteiger partial charge >= 0.3 is 0 Å². The van der Waals surface area contributed by atoms with Gasteiger partial charge in [0.05, 0.1) is 18.1 Å². The lowest BCUT2D eigenvalue weighted by Crippen LogP contribution is -2.37. The number of hydrogen-bond donors (Lipinski definition) is 1. The van der Waals surface area contributed by atoms with Crippen molar-refractivity contribution < 1.29 is 24.2 Å². The van der Waals surface area contributed by atoms with Crippen molar-refractivity contribution in [1.82, 2.24) is 5.32 Å². The highest BCUT2D eigenvalue weighted by atomic mass is 16.5. The van der Waals surface area contributed by atoms with Gasteiger partial charge in [-0.05, 0) is 42.7 Å². The van der Waals surface area contributed by atoms with Crippen LogP contribution in [0.1, 0.15) is 40.1 Å². The van der Waals surface area contributed by atoms with Crippen LogP contribution in [0.2, 0.25) is 0 Å². The number of carboxylic acids is 1. The fraction of sp³-hybridized carbons (Fsp3) is 0.200. The van der Waals surface area contributed by atoms with Gasteiger partial charge in [-0.25, -0.2) is 0 Å². The summed E-state index contributed by atoms with van der Waals surface area (Å²) in [6.45, 7) is 3.66. The lowest BCUT2D eigenvalue weighted by atomic mass is 10.0. The first-order valence-corrected chi connectivity index (χ1v) is 9.95. The van der Waals surface area contributed by atoms with Gasteiger partial charge in [0.15, 0.2) is 0 Å². The summed E-state index contributed by atoms with van der Waals surface area (Å²) in [5.41, 5.74) is 3.27. The Hall–Kier alpha value is -3.80. The van der Waals surface area contributed by atoms with E-state index in [0.29, 0.717) is 18.1 Å². The lowest BCUT2D eigenvalue weighted by molar-refractivity contribution is -0.303. The van der Waals surface area contributed by atoms with Gasteiger partial charge in [-0.15, -0.1) is 0 Å². The fourth-order valence-corrected chi connectivity index (χ4v) is 3.16. The van der Waals surface area contributed by atoms with Crippen molar-refractivity contribution in [1.29, 1.82) is 0 Å². The van der Waals surface area contributed by atoms with Crippen LogP contribution in [0.5, 0.6) is 11.5 Å². The number of carboxylic acid groups (broad SMARTS) is 1. The summed E-state index contributed by atoms with van der Waals surface area (Å²) >= 11 is 0. The van der Waals surface area contributed by atoms with Crippen molar-refractivity contribution in [3.8, 4) is 11.5 Å². The molecule has 1 atom stereocenters. The van der Waals surface area contributed by atoms with E-state index in [0.717, 1.165) is 16.7 Å². The van der Waals surface area contributed by atoms with Gasteiger partial charge in [-0.2, -0.15) is 0 Å². The van der Waals surface area contributed by atoms with E-state index in [2.05, 4.69) is 5.32 Å².